The Kier molecular flexibility index (Phi) is 5.15. The molecule has 1 fully saturated rings. The Morgan fingerprint density at radius 3 is 2.54 bits per heavy atom. The van der Waals surface area contributed by atoms with E-state index in [0.717, 1.165) is 18.7 Å². The second-order valence-electron chi connectivity index (χ2n) is 5.75. The van der Waals surface area contributed by atoms with Gasteiger partial charge in [-0.05, 0) is 30.7 Å². The first-order valence-electron chi connectivity index (χ1n) is 7.96. The Morgan fingerprint density at radius 2 is 1.88 bits per heavy atom. The van der Waals surface area contributed by atoms with E-state index in [4.69, 9.17) is 11.6 Å². The molecule has 3 rings (SSSR count). The van der Waals surface area contributed by atoms with Gasteiger partial charge in [-0.25, -0.2) is 14.8 Å². The van der Waals surface area contributed by atoms with Crippen molar-refractivity contribution in [1.82, 2.24) is 20.2 Å². The maximum absolute atomic E-state index is 12.4. The number of amides is 2. The minimum Gasteiger partial charge on any atom is -0.337 e. The van der Waals surface area contributed by atoms with Crippen LogP contribution in [0.3, 0.4) is 0 Å². The third-order valence-electron chi connectivity index (χ3n) is 4.09. The number of carbonyl (C=O) groups is 1. The topological polar surface area (TPSA) is 61.4 Å². The van der Waals surface area contributed by atoms with Crippen LogP contribution in [0.4, 0.5) is 10.7 Å². The molecule has 2 heterocycles. The lowest BCUT2D eigenvalue weighted by Crippen LogP contribution is -2.52. The number of nitrogens with one attached hydrogen (secondary N) is 1. The van der Waals surface area contributed by atoms with Gasteiger partial charge in [0.15, 0.2) is 0 Å². The number of carbonyl (C=O) groups excluding carboxylic acids is 1. The van der Waals surface area contributed by atoms with Crippen molar-refractivity contribution in [3.8, 4) is 0 Å². The maximum Gasteiger partial charge on any atom is 0.317 e. The van der Waals surface area contributed by atoms with Crippen LogP contribution in [-0.4, -0.2) is 47.1 Å². The number of rotatable bonds is 3. The lowest BCUT2D eigenvalue weighted by Gasteiger charge is -2.35. The molecule has 1 aliphatic heterocycles. The van der Waals surface area contributed by atoms with E-state index in [1.165, 1.54) is 0 Å². The highest BCUT2D eigenvalue weighted by atomic mass is 35.5. The first-order valence-corrected chi connectivity index (χ1v) is 8.34. The summed E-state index contributed by atoms with van der Waals surface area (Å²) >= 11 is 6.01. The third kappa shape index (κ3) is 3.94. The summed E-state index contributed by atoms with van der Waals surface area (Å²) in [7, 11) is 0. The number of halogens is 1. The Balaban J connectivity index is 1.54. The summed E-state index contributed by atoms with van der Waals surface area (Å²) in [5, 5.41) is 3.70. The van der Waals surface area contributed by atoms with Crippen LogP contribution in [0.15, 0.2) is 42.7 Å². The van der Waals surface area contributed by atoms with Gasteiger partial charge in [0, 0.05) is 43.6 Å². The van der Waals surface area contributed by atoms with Gasteiger partial charge >= 0.3 is 6.03 Å². The molecule has 24 heavy (non-hydrogen) atoms. The highest BCUT2D eigenvalue weighted by molar-refractivity contribution is 6.30. The maximum atomic E-state index is 12.4. The molecule has 6 nitrogen and oxygen atoms in total. The van der Waals surface area contributed by atoms with Gasteiger partial charge in [-0.2, -0.15) is 0 Å². The molecule has 1 N–H and O–H groups in total. The predicted molar refractivity (Wildman–Crippen MR) is 94.2 cm³/mol. The van der Waals surface area contributed by atoms with E-state index in [9.17, 15) is 4.79 Å². The standard InChI is InChI=1S/C17H20ClN5O/c1-13(14-4-2-5-15(18)12-14)21-17(24)23-10-8-22(9-11-23)16-19-6-3-7-20-16/h2-7,12-13H,8-11H2,1H3,(H,21,24). The van der Waals surface area contributed by atoms with Gasteiger partial charge in [-0.3, -0.25) is 0 Å². The van der Waals surface area contributed by atoms with E-state index in [0.29, 0.717) is 24.1 Å². The smallest absolute Gasteiger partial charge is 0.317 e. The molecular formula is C17H20ClN5O. The van der Waals surface area contributed by atoms with E-state index >= 15 is 0 Å². The lowest BCUT2D eigenvalue weighted by molar-refractivity contribution is 0.191. The Morgan fingerprint density at radius 1 is 1.17 bits per heavy atom. The van der Waals surface area contributed by atoms with Crippen molar-refractivity contribution in [2.45, 2.75) is 13.0 Å². The van der Waals surface area contributed by atoms with Crippen LogP contribution in [0.5, 0.6) is 0 Å². The highest BCUT2D eigenvalue weighted by Crippen LogP contribution is 2.18. The first-order chi connectivity index (χ1) is 11.6. The fourth-order valence-corrected chi connectivity index (χ4v) is 2.90. The van der Waals surface area contributed by atoms with Crippen molar-refractivity contribution in [3.05, 3.63) is 53.3 Å². The molecule has 126 valence electrons. The molecule has 0 aliphatic carbocycles. The van der Waals surface area contributed by atoms with Crippen molar-refractivity contribution in [3.63, 3.8) is 0 Å². The number of hydrogen-bond donors (Lipinski definition) is 1. The average Bonchev–Trinajstić information content (AvgIpc) is 2.62. The van der Waals surface area contributed by atoms with E-state index < -0.39 is 0 Å². The molecule has 0 spiro atoms. The van der Waals surface area contributed by atoms with E-state index in [-0.39, 0.29) is 12.1 Å². The van der Waals surface area contributed by atoms with Crippen LogP contribution in [-0.2, 0) is 0 Å². The molecule has 1 aliphatic rings. The molecule has 2 amide bonds. The summed E-state index contributed by atoms with van der Waals surface area (Å²) in [6.07, 6.45) is 3.46. The van der Waals surface area contributed by atoms with E-state index in [1.54, 1.807) is 18.5 Å². The number of piperazine rings is 1. The van der Waals surface area contributed by atoms with Crippen molar-refractivity contribution in [2.75, 3.05) is 31.1 Å². The van der Waals surface area contributed by atoms with Crippen LogP contribution < -0.4 is 10.2 Å². The van der Waals surface area contributed by atoms with E-state index in [1.807, 2.05) is 36.1 Å². The number of urea groups is 1. The van der Waals surface area contributed by atoms with Crippen LogP contribution in [0.1, 0.15) is 18.5 Å². The minimum atomic E-state index is -0.0910. The molecule has 0 saturated carbocycles. The van der Waals surface area contributed by atoms with Crippen LogP contribution in [0, 0.1) is 0 Å². The summed E-state index contributed by atoms with van der Waals surface area (Å²) in [5.41, 5.74) is 0.993. The molecule has 1 unspecified atom stereocenters. The van der Waals surface area contributed by atoms with Gasteiger partial charge in [-0.15, -0.1) is 0 Å². The zero-order valence-electron chi connectivity index (χ0n) is 13.5. The summed E-state index contributed by atoms with van der Waals surface area (Å²) in [6.45, 7) is 4.70. The number of aromatic nitrogens is 2. The van der Waals surface area contributed by atoms with Gasteiger partial charge in [0.1, 0.15) is 0 Å². The summed E-state index contributed by atoms with van der Waals surface area (Å²) in [5.74, 6) is 0.713. The Bertz CT molecular complexity index is 688. The van der Waals surface area contributed by atoms with Gasteiger partial charge in [0.25, 0.3) is 0 Å². The number of nitrogens with zero attached hydrogens (tertiary/aromatic N) is 4. The normalized spacial score (nSPS) is 15.9. The van der Waals surface area contributed by atoms with Crippen molar-refractivity contribution in [2.24, 2.45) is 0 Å². The monoisotopic (exact) mass is 345 g/mol. The van der Waals surface area contributed by atoms with Crippen molar-refractivity contribution >= 4 is 23.6 Å². The summed E-state index contributed by atoms with van der Waals surface area (Å²) in [4.78, 5) is 24.9. The van der Waals surface area contributed by atoms with Gasteiger partial charge < -0.3 is 15.1 Å². The molecule has 0 bridgehead atoms. The SMILES string of the molecule is CC(NC(=O)N1CCN(c2ncccn2)CC1)c1cccc(Cl)c1. The number of benzene rings is 1. The van der Waals surface area contributed by atoms with Crippen molar-refractivity contribution < 1.29 is 4.79 Å². The fourth-order valence-electron chi connectivity index (χ4n) is 2.70. The minimum absolute atomic E-state index is 0.0592. The fraction of sp³-hybridized carbons (Fsp3) is 0.353. The Hall–Kier alpha value is -2.34. The molecule has 2 aromatic rings. The second-order valence-corrected chi connectivity index (χ2v) is 6.19. The zero-order valence-corrected chi connectivity index (χ0v) is 14.3. The number of anilines is 1. The summed E-state index contributed by atoms with van der Waals surface area (Å²) < 4.78 is 0. The quantitative estimate of drug-likeness (QED) is 0.929. The molecule has 1 aromatic carbocycles. The zero-order chi connectivity index (χ0) is 16.9. The molecule has 1 atom stereocenters. The molecule has 0 radical (unpaired) electrons. The van der Waals surface area contributed by atoms with E-state index in [2.05, 4.69) is 20.2 Å². The van der Waals surface area contributed by atoms with Crippen LogP contribution >= 0.6 is 11.6 Å². The predicted octanol–water partition coefficient (Wildman–Crippen LogP) is 2.72. The largest absolute Gasteiger partial charge is 0.337 e. The summed E-state index contributed by atoms with van der Waals surface area (Å²) in [6, 6.07) is 9.19. The number of hydrogen-bond acceptors (Lipinski definition) is 4. The molecule has 1 saturated heterocycles. The third-order valence-corrected chi connectivity index (χ3v) is 4.33. The van der Waals surface area contributed by atoms with Crippen LogP contribution in [0.25, 0.3) is 0 Å². The average molecular weight is 346 g/mol. The van der Waals surface area contributed by atoms with Gasteiger partial charge in [-0.1, -0.05) is 23.7 Å². The molecule has 1 aromatic heterocycles. The molecular weight excluding hydrogens is 326 g/mol. The molecule has 7 heteroatoms. The highest BCUT2D eigenvalue weighted by Gasteiger charge is 2.23. The van der Waals surface area contributed by atoms with Gasteiger partial charge in [0.2, 0.25) is 5.95 Å². The first kappa shape index (κ1) is 16.5. The lowest BCUT2D eigenvalue weighted by atomic mass is 10.1. The second kappa shape index (κ2) is 7.49. The van der Waals surface area contributed by atoms with Crippen molar-refractivity contribution in [1.29, 1.82) is 0 Å². The van der Waals surface area contributed by atoms with Gasteiger partial charge in [0.05, 0.1) is 6.04 Å². The Labute approximate surface area is 146 Å². The van der Waals surface area contributed by atoms with Crippen LogP contribution in [0.2, 0.25) is 5.02 Å².